The highest BCUT2D eigenvalue weighted by molar-refractivity contribution is 5.75. The Morgan fingerprint density at radius 3 is 2.50 bits per heavy atom. The summed E-state index contributed by atoms with van der Waals surface area (Å²) in [7, 11) is 0. The van der Waals surface area contributed by atoms with Crippen molar-refractivity contribution < 1.29 is 9.53 Å². The summed E-state index contributed by atoms with van der Waals surface area (Å²) in [6.45, 7) is 0. The number of esters is 1. The second-order valence-corrected chi connectivity index (χ2v) is 5.47. The molecule has 0 saturated carbocycles. The number of benzene rings is 1. The molecule has 1 aromatic rings. The molecule has 108 valence electrons. The molecule has 0 N–H and O–H groups in total. The molecule has 0 bridgehead atoms. The molecule has 2 rings (SSSR count). The van der Waals surface area contributed by atoms with E-state index in [0.29, 0.717) is 5.75 Å². The summed E-state index contributed by atoms with van der Waals surface area (Å²) >= 11 is 0. The smallest absolute Gasteiger partial charge is 0.314 e. The summed E-state index contributed by atoms with van der Waals surface area (Å²) in [5, 5.41) is 0. The van der Waals surface area contributed by atoms with Gasteiger partial charge in [0.2, 0.25) is 0 Å². The minimum Gasteiger partial charge on any atom is -0.426 e. The van der Waals surface area contributed by atoms with Gasteiger partial charge in [-0.05, 0) is 44.2 Å². The van der Waals surface area contributed by atoms with Crippen molar-refractivity contribution in [2.24, 2.45) is 5.92 Å². The van der Waals surface area contributed by atoms with Crippen LogP contribution in [0.4, 0.5) is 0 Å². The highest BCUT2D eigenvalue weighted by Crippen LogP contribution is 2.21. The Kier molecular flexibility index (Phi) is 6.36. The number of carbonyl (C=O) groups excluding carboxylic acids is 1. The summed E-state index contributed by atoms with van der Waals surface area (Å²) < 4.78 is 5.49. The van der Waals surface area contributed by atoms with Gasteiger partial charge < -0.3 is 4.74 Å². The molecule has 2 nitrogen and oxygen atoms in total. The zero-order valence-electron chi connectivity index (χ0n) is 12.1. The fourth-order valence-electron chi connectivity index (χ4n) is 2.61. The first-order valence-corrected chi connectivity index (χ1v) is 7.78. The Morgan fingerprint density at radius 2 is 1.65 bits per heavy atom. The van der Waals surface area contributed by atoms with Crippen LogP contribution in [0.3, 0.4) is 0 Å². The monoisotopic (exact) mass is 272 g/mol. The van der Waals surface area contributed by atoms with E-state index < -0.39 is 0 Å². The van der Waals surface area contributed by atoms with Crippen LogP contribution in [0.1, 0.15) is 51.4 Å². The summed E-state index contributed by atoms with van der Waals surface area (Å²) in [6.07, 6.45) is 13.4. The van der Waals surface area contributed by atoms with Gasteiger partial charge in [-0.15, -0.1) is 0 Å². The van der Waals surface area contributed by atoms with E-state index in [-0.39, 0.29) is 11.9 Å². The van der Waals surface area contributed by atoms with Gasteiger partial charge >= 0.3 is 5.97 Å². The maximum atomic E-state index is 12.3. The Balaban J connectivity index is 1.91. The van der Waals surface area contributed by atoms with Gasteiger partial charge in [-0.3, -0.25) is 4.79 Å². The Hall–Kier alpha value is -1.57. The van der Waals surface area contributed by atoms with Crippen molar-refractivity contribution in [1.82, 2.24) is 0 Å². The van der Waals surface area contributed by atoms with E-state index >= 15 is 0 Å². The number of allylic oxidation sites excluding steroid dienone is 2. The molecule has 0 amide bonds. The van der Waals surface area contributed by atoms with Gasteiger partial charge in [0.05, 0.1) is 5.92 Å². The minimum absolute atomic E-state index is 0.0398. The lowest BCUT2D eigenvalue weighted by molar-refractivity contribution is -0.139. The lowest BCUT2D eigenvalue weighted by atomic mass is 9.96. The number of carbonyl (C=O) groups is 1. The molecular formula is C18H24O2. The highest BCUT2D eigenvalue weighted by Gasteiger charge is 2.19. The number of para-hydroxylation sites is 1. The maximum absolute atomic E-state index is 12.3. The molecule has 0 saturated heterocycles. The van der Waals surface area contributed by atoms with Crippen LogP contribution < -0.4 is 4.74 Å². The SMILES string of the molecule is O=C(Oc1ccccc1)C1CCC=CCCCCCC1. The predicted octanol–water partition coefficient (Wildman–Crippen LogP) is 4.90. The second-order valence-electron chi connectivity index (χ2n) is 5.47. The van der Waals surface area contributed by atoms with E-state index in [1.165, 1.54) is 25.7 Å². The van der Waals surface area contributed by atoms with Crippen molar-refractivity contribution in [1.29, 1.82) is 0 Å². The average Bonchev–Trinajstić information content (AvgIpc) is 2.53. The van der Waals surface area contributed by atoms with E-state index in [1.54, 1.807) is 0 Å². The van der Waals surface area contributed by atoms with Gasteiger partial charge in [0.15, 0.2) is 0 Å². The van der Waals surface area contributed by atoms with Crippen molar-refractivity contribution in [3.05, 3.63) is 42.5 Å². The second kappa shape index (κ2) is 8.57. The van der Waals surface area contributed by atoms with E-state index in [9.17, 15) is 4.79 Å². The van der Waals surface area contributed by atoms with Crippen LogP contribution >= 0.6 is 0 Å². The molecule has 0 spiro atoms. The van der Waals surface area contributed by atoms with Gasteiger partial charge in [-0.1, -0.05) is 49.6 Å². The van der Waals surface area contributed by atoms with Crippen LogP contribution in [0.2, 0.25) is 0 Å². The molecule has 0 aromatic heterocycles. The van der Waals surface area contributed by atoms with Gasteiger partial charge in [-0.25, -0.2) is 0 Å². The summed E-state index contributed by atoms with van der Waals surface area (Å²) in [5.41, 5.74) is 0. The van der Waals surface area contributed by atoms with Crippen LogP contribution in [0.15, 0.2) is 42.5 Å². The predicted molar refractivity (Wildman–Crippen MR) is 81.6 cm³/mol. The van der Waals surface area contributed by atoms with Crippen LogP contribution in [0.25, 0.3) is 0 Å². The minimum atomic E-state index is -0.0659. The van der Waals surface area contributed by atoms with Crippen molar-refractivity contribution in [3.8, 4) is 5.75 Å². The normalized spacial score (nSPS) is 20.9. The first-order valence-electron chi connectivity index (χ1n) is 7.78. The first kappa shape index (κ1) is 14.8. The maximum Gasteiger partial charge on any atom is 0.314 e. The van der Waals surface area contributed by atoms with E-state index in [2.05, 4.69) is 12.2 Å². The van der Waals surface area contributed by atoms with Gasteiger partial charge in [0.1, 0.15) is 5.75 Å². The van der Waals surface area contributed by atoms with Crippen molar-refractivity contribution in [2.45, 2.75) is 51.4 Å². The zero-order chi connectivity index (χ0) is 14.0. The van der Waals surface area contributed by atoms with E-state index in [1.807, 2.05) is 30.3 Å². The summed E-state index contributed by atoms with van der Waals surface area (Å²) in [6, 6.07) is 9.38. The molecule has 1 unspecified atom stereocenters. The highest BCUT2D eigenvalue weighted by atomic mass is 16.5. The third kappa shape index (κ3) is 5.20. The summed E-state index contributed by atoms with van der Waals surface area (Å²) in [5.74, 6) is 0.629. The average molecular weight is 272 g/mol. The Labute approximate surface area is 121 Å². The molecule has 1 aliphatic rings. The van der Waals surface area contributed by atoms with Gasteiger partial charge in [0.25, 0.3) is 0 Å². The fourth-order valence-corrected chi connectivity index (χ4v) is 2.61. The molecule has 0 aliphatic heterocycles. The quantitative estimate of drug-likeness (QED) is 0.435. The molecule has 0 radical (unpaired) electrons. The first-order chi connectivity index (χ1) is 9.86. The van der Waals surface area contributed by atoms with Crippen LogP contribution in [-0.2, 0) is 4.79 Å². The topological polar surface area (TPSA) is 26.3 Å². The number of rotatable bonds is 2. The number of hydrogen-bond acceptors (Lipinski definition) is 2. The number of ether oxygens (including phenoxy) is 1. The molecule has 1 atom stereocenters. The third-order valence-electron chi connectivity index (χ3n) is 3.82. The molecular weight excluding hydrogens is 248 g/mol. The van der Waals surface area contributed by atoms with Crippen molar-refractivity contribution >= 4 is 5.97 Å². The van der Waals surface area contributed by atoms with E-state index in [0.717, 1.165) is 25.7 Å². The van der Waals surface area contributed by atoms with Crippen molar-refractivity contribution in [3.63, 3.8) is 0 Å². The van der Waals surface area contributed by atoms with Crippen LogP contribution in [-0.4, -0.2) is 5.97 Å². The third-order valence-corrected chi connectivity index (χ3v) is 3.82. The van der Waals surface area contributed by atoms with Crippen LogP contribution in [0.5, 0.6) is 5.75 Å². The van der Waals surface area contributed by atoms with Gasteiger partial charge in [0, 0.05) is 0 Å². The molecule has 0 heterocycles. The van der Waals surface area contributed by atoms with Crippen LogP contribution in [0, 0.1) is 5.92 Å². The van der Waals surface area contributed by atoms with Gasteiger partial charge in [-0.2, -0.15) is 0 Å². The molecule has 1 aromatic carbocycles. The lowest BCUT2D eigenvalue weighted by Gasteiger charge is -2.15. The van der Waals surface area contributed by atoms with Crippen molar-refractivity contribution in [2.75, 3.05) is 0 Å². The standard InChI is InChI=1S/C18H24O2/c19-18(20-17-14-10-7-11-15-17)16-12-8-5-3-1-2-4-6-9-13-16/h3,5,7,10-11,14-16H,1-2,4,6,8-9,12-13H2. The largest absolute Gasteiger partial charge is 0.426 e. The Bertz CT molecular complexity index is 422. The van der Waals surface area contributed by atoms with E-state index in [4.69, 9.17) is 4.74 Å². The fraction of sp³-hybridized carbons (Fsp3) is 0.500. The zero-order valence-corrected chi connectivity index (χ0v) is 12.1. The molecule has 20 heavy (non-hydrogen) atoms. The molecule has 0 fully saturated rings. The molecule has 1 aliphatic carbocycles. The number of hydrogen-bond donors (Lipinski definition) is 0. The summed E-state index contributed by atoms with van der Waals surface area (Å²) in [4.78, 5) is 12.3. The lowest BCUT2D eigenvalue weighted by Crippen LogP contribution is -2.20. The molecule has 2 heteroatoms. The Morgan fingerprint density at radius 1 is 0.900 bits per heavy atom.